The van der Waals surface area contributed by atoms with Crippen molar-refractivity contribution in [1.29, 1.82) is 0 Å². The first kappa shape index (κ1) is 27.4. The van der Waals surface area contributed by atoms with Crippen LogP contribution in [0.2, 0.25) is 0 Å². The molecule has 7 rings (SSSR count). The van der Waals surface area contributed by atoms with Crippen molar-refractivity contribution in [2.75, 3.05) is 63.2 Å². The molecular formula is C33H43N7O2. The minimum atomic E-state index is 0.0516. The van der Waals surface area contributed by atoms with E-state index < -0.39 is 0 Å². The van der Waals surface area contributed by atoms with Gasteiger partial charge in [0.05, 0.1) is 12.2 Å². The molecule has 4 aliphatic rings. The first-order valence-corrected chi connectivity index (χ1v) is 15.7. The van der Waals surface area contributed by atoms with Crippen LogP contribution < -0.4 is 19.9 Å². The highest BCUT2D eigenvalue weighted by atomic mass is 16.5. The van der Waals surface area contributed by atoms with Crippen LogP contribution in [0.3, 0.4) is 0 Å². The molecule has 0 saturated carbocycles. The number of rotatable bonds is 7. The molecule has 42 heavy (non-hydrogen) atoms. The van der Waals surface area contributed by atoms with Crippen molar-refractivity contribution < 1.29 is 9.53 Å². The summed E-state index contributed by atoms with van der Waals surface area (Å²) in [6.07, 6.45) is 5.35. The molecule has 3 aromatic rings. The van der Waals surface area contributed by atoms with E-state index in [4.69, 9.17) is 14.7 Å². The smallest absolute Gasteiger partial charge is 0.318 e. The SMILES string of the molecule is CNC(=O)C1CN1C1CCN(c2nc(OC[C@@H]3CCCN3C)nc3c2CCN(c2cccc4cccc(C)c24)C3)CC1. The van der Waals surface area contributed by atoms with Gasteiger partial charge < -0.3 is 24.8 Å². The highest BCUT2D eigenvalue weighted by molar-refractivity contribution is 5.97. The fourth-order valence-electron chi connectivity index (χ4n) is 7.42. The van der Waals surface area contributed by atoms with Gasteiger partial charge in [0.25, 0.3) is 0 Å². The second-order valence-corrected chi connectivity index (χ2v) is 12.5. The van der Waals surface area contributed by atoms with Crippen LogP contribution in [0, 0.1) is 6.92 Å². The van der Waals surface area contributed by atoms with Crippen LogP contribution in [0.5, 0.6) is 6.01 Å². The molecule has 0 bridgehead atoms. The van der Waals surface area contributed by atoms with Crippen molar-refractivity contribution in [3.63, 3.8) is 0 Å². The third kappa shape index (κ3) is 5.17. The summed E-state index contributed by atoms with van der Waals surface area (Å²) in [6, 6.07) is 14.6. The lowest BCUT2D eigenvalue weighted by Gasteiger charge is -2.37. The average Bonchev–Trinajstić information content (AvgIpc) is 3.72. The number of anilines is 2. The van der Waals surface area contributed by atoms with Crippen molar-refractivity contribution in [2.24, 2.45) is 0 Å². The molecule has 5 heterocycles. The minimum Gasteiger partial charge on any atom is -0.462 e. The zero-order chi connectivity index (χ0) is 28.8. The monoisotopic (exact) mass is 569 g/mol. The number of carbonyl (C=O) groups is 1. The largest absolute Gasteiger partial charge is 0.462 e. The number of fused-ring (bicyclic) bond motifs is 2. The lowest BCUT2D eigenvalue weighted by Crippen LogP contribution is -2.42. The summed E-state index contributed by atoms with van der Waals surface area (Å²) in [5.41, 5.74) is 4.92. The predicted octanol–water partition coefficient (Wildman–Crippen LogP) is 3.37. The Labute approximate surface area is 248 Å². The van der Waals surface area contributed by atoms with E-state index in [0.29, 0.717) is 24.7 Å². The summed E-state index contributed by atoms with van der Waals surface area (Å²) in [6.45, 7) is 8.37. The zero-order valence-corrected chi connectivity index (χ0v) is 25.2. The lowest BCUT2D eigenvalue weighted by atomic mass is 9.99. The molecule has 4 aliphatic heterocycles. The van der Waals surface area contributed by atoms with Gasteiger partial charge in [-0.2, -0.15) is 9.97 Å². The highest BCUT2D eigenvalue weighted by Gasteiger charge is 2.45. The summed E-state index contributed by atoms with van der Waals surface area (Å²) >= 11 is 0. The number of hydrogen-bond acceptors (Lipinski definition) is 8. The summed E-state index contributed by atoms with van der Waals surface area (Å²) in [7, 11) is 3.91. The van der Waals surface area contributed by atoms with Gasteiger partial charge >= 0.3 is 6.01 Å². The molecule has 3 atom stereocenters. The Kier molecular flexibility index (Phi) is 7.40. The Morgan fingerprint density at radius 2 is 1.83 bits per heavy atom. The first-order valence-electron chi connectivity index (χ1n) is 15.7. The number of ether oxygens (including phenoxy) is 1. The van der Waals surface area contributed by atoms with Crippen LogP contribution in [0.4, 0.5) is 11.5 Å². The van der Waals surface area contributed by atoms with Crippen molar-refractivity contribution in [2.45, 2.75) is 63.7 Å². The molecule has 3 fully saturated rings. The maximum atomic E-state index is 12.1. The predicted molar refractivity (Wildman–Crippen MR) is 166 cm³/mol. The van der Waals surface area contributed by atoms with E-state index in [2.05, 4.69) is 75.3 Å². The number of aromatic nitrogens is 2. The Morgan fingerprint density at radius 1 is 1.02 bits per heavy atom. The Hall–Kier alpha value is -3.43. The van der Waals surface area contributed by atoms with Crippen LogP contribution in [0.1, 0.15) is 42.5 Å². The molecule has 3 saturated heterocycles. The fourth-order valence-corrected chi connectivity index (χ4v) is 7.42. The molecule has 9 heteroatoms. The molecule has 1 amide bonds. The average molecular weight is 570 g/mol. The van der Waals surface area contributed by atoms with Gasteiger partial charge in [-0.15, -0.1) is 0 Å². The second-order valence-electron chi connectivity index (χ2n) is 12.5. The number of likely N-dealkylation sites (N-methyl/N-ethyl adjacent to an activating group) is 2. The molecule has 0 aliphatic carbocycles. The number of aryl methyl sites for hydroxylation is 1. The third-order valence-electron chi connectivity index (χ3n) is 9.96. The van der Waals surface area contributed by atoms with Gasteiger partial charge in [-0.3, -0.25) is 9.69 Å². The van der Waals surface area contributed by atoms with E-state index in [1.54, 1.807) is 7.05 Å². The Balaban J connectivity index is 1.15. The number of benzene rings is 2. The van der Waals surface area contributed by atoms with Gasteiger partial charge in [-0.1, -0.05) is 30.3 Å². The third-order valence-corrected chi connectivity index (χ3v) is 9.96. The topological polar surface area (TPSA) is 76.8 Å². The second kappa shape index (κ2) is 11.3. The van der Waals surface area contributed by atoms with Crippen molar-refractivity contribution in [3.05, 3.63) is 53.2 Å². The Bertz CT molecular complexity index is 1470. The molecular weight excluding hydrogens is 526 g/mol. The maximum absolute atomic E-state index is 12.1. The first-order chi connectivity index (χ1) is 20.5. The molecule has 2 aromatic carbocycles. The summed E-state index contributed by atoms with van der Waals surface area (Å²) < 4.78 is 6.35. The summed E-state index contributed by atoms with van der Waals surface area (Å²) in [5, 5.41) is 5.41. The normalized spacial score (nSPS) is 24.6. The van der Waals surface area contributed by atoms with E-state index in [1.807, 2.05) is 0 Å². The minimum absolute atomic E-state index is 0.0516. The van der Waals surface area contributed by atoms with Gasteiger partial charge in [-0.05, 0) is 69.6 Å². The van der Waals surface area contributed by atoms with Crippen LogP contribution in [-0.2, 0) is 17.8 Å². The van der Waals surface area contributed by atoms with E-state index in [9.17, 15) is 4.79 Å². The molecule has 0 spiro atoms. The van der Waals surface area contributed by atoms with Gasteiger partial charge in [0.15, 0.2) is 0 Å². The number of likely N-dealkylation sites (tertiary alicyclic amines) is 1. The maximum Gasteiger partial charge on any atom is 0.318 e. The number of nitrogens with one attached hydrogen (secondary N) is 1. The zero-order valence-electron chi connectivity index (χ0n) is 25.2. The van der Waals surface area contributed by atoms with Crippen molar-refractivity contribution >= 4 is 28.2 Å². The molecule has 1 N–H and O–H groups in total. The molecule has 9 nitrogen and oxygen atoms in total. The van der Waals surface area contributed by atoms with E-state index >= 15 is 0 Å². The standard InChI is InChI=1S/C33H43N7O2/c1-22-7-4-8-23-9-5-11-28(30(22)23)39-18-14-26-27(19-39)35-33(42-21-25-10-6-15-37(25)3)36-31(26)38-16-12-24(13-17-38)40-20-29(40)32(41)34-2/h4-5,7-9,11,24-25,29H,6,10,12-21H2,1-3H3,(H,34,41)/t25-,29?,40?/m0/s1. The molecule has 1 aromatic heterocycles. The number of nitrogens with zero attached hydrogens (tertiary/aromatic N) is 6. The van der Waals surface area contributed by atoms with Crippen LogP contribution >= 0.6 is 0 Å². The quantitative estimate of drug-likeness (QED) is 0.434. The molecule has 0 radical (unpaired) electrons. The van der Waals surface area contributed by atoms with Gasteiger partial charge in [0.2, 0.25) is 5.91 Å². The number of amides is 1. The van der Waals surface area contributed by atoms with Crippen LogP contribution in [0.15, 0.2) is 36.4 Å². The molecule has 222 valence electrons. The van der Waals surface area contributed by atoms with E-state index in [1.165, 1.54) is 34.0 Å². The number of hydrogen-bond donors (Lipinski definition) is 1. The number of piperidine rings is 1. The van der Waals surface area contributed by atoms with E-state index in [0.717, 1.165) is 76.5 Å². The van der Waals surface area contributed by atoms with Crippen molar-refractivity contribution in [1.82, 2.24) is 25.1 Å². The van der Waals surface area contributed by atoms with E-state index in [-0.39, 0.29) is 11.9 Å². The van der Waals surface area contributed by atoms with Gasteiger partial charge in [0, 0.05) is 61.9 Å². The summed E-state index contributed by atoms with van der Waals surface area (Å²) in [5.74, 6) is 1.19. The fraction of sp³-hybridized carbons (Fsp3) is 0.545. The van der Waals surface area contributed by atoms with Crippen LogP contribution in [0.25, 0.3) is 10.8 Å². The van der Waals surface area contributed by atoms with Crippen molar-refractivity contribution in [3.8, 4) is 6.01 Å². The van der Waals surface area contributed by atoms with Gasteiger partial charge in [0.1, 0.15) is 18.5 Å². The lowest BCUT2D eigenvalue weighted by molar-refractivity contribution is -0.121. The Morgan fingerprint density at radius 3 is 2.60 bits per heavy atom. The van der Waals surface area contributed by atoms with Gasteiger partial charge in [-0.25, -0.2) is 0 Å². The van der Waals surface area contributed by atoms with Crippen LogP contribution in [-0.4, -0.2) is 97.2 Å². The number of carbonyl (C=O) groups excluding carboxylic acids is 1. The highest BCUT2D eigenvalue weighted by Crippen LogP contribution is 2.37. The molecule has 2 unspecified atom stereocenters. The summed E-state index contributed by atoms with van der Waals surface area (Å²) in [4.78, 5) is 31.9.